The predicted molar refractivity (Wildman–Crippen MR) is 175 cm³/mol. The van der Waals surface area contributed by atoms with E-state index in [9.17, 15) is 18.0 Å². The number of esters is 1. The van der Waals surface area contributed by atoms with E-state index in [1.165, 1.54) is 23.3 Å². The van der Waals surface area contributed by atoms with E-state index in [0.29, 0.717) is 16.6 Å². The average molecular weight is 706 g/mol. The van der Waals surface area contributed by atoms with Gasteiger partial charge in [-0.25, -0.2) is 8.42 Å². The number of amides is 1. The molecule has 0 aliphatic heterocycles. The van der Waals surface area contributed by atoms with E-state index in [2.05, 4.69) is 32.6 Å². The summed E-state index contributed by atoms with van der Waals surface area (Å²) in [5.74, 6) is -0.636. The van der Waals surface area contributed by atoms with Crippen molar-refractivity contribution < 1.29 is 27.5 Å². The highest BCUT2D eigenvalue weighted by Gasteiger charge is 2.36. The molecule has 0 radical (unpaired) electrons. The Kier molecular flexibility index (Phi) is 11.5. The van der Waals surface area contributed by atoms with Crippen molar-refractivity contribution in [2.75, 3.05) is 13.2 Å². The number of hydrogen-bond acceptors (Lipinski definition) is 7. The van der Waals surface area contributed by atoms with Crippen LogP contribution in [0.25, 0.3) is 0 Å². The molecule has 2 N–H and O–H groups in total. The normalized spacial score (nSPS) is 14.4. The van der Waals surface area contributed by atoms with Crippen LogP contribution in [-0.2, 0) is 43.4 Å². The van der Waals surface area contributed by atoms with E-state index in [4.69, 9.17) is 21.1 Å². The lowest BCUT2D eigenvalue weighted by molar-refractivity contribution is -0.155. The molecule has 3 aromatic rings. The van der Waals surface area contributed by atoms with Gasteiger partial charge >= 0.3 is 5.97 Å². The van der Waals surface area contributed by atoms with Crippen LogP contribution in [0.4, 0.5) is 0 Å². The zero-order valence-corrected chi connectivity index (χ0v) is 28.2. The van der Waals surface area contributed by atoms with Gasteiger partial charge in [-0.15, -0.1) is 0 Å². The lowest BCUT2D eigenvalue weighted by Crippen LogP contribution is -2.53. The summed E-state index contributed by atoms with van der Waals surface area (Å²) >= 11 is 9.63. The minimum absolute atomic E-state index is 0.0250. The van der Waals surface area contributed by atoms with Crippen molar-refractivity contribution in [1.82, 2.24) is 10.6 Å². The molecule has 1 amide bonds. The van der Waals surface area contributed by atoms with Crippen LogP contribution in [0.5, 0.6) is 5.75 Å². The fourth-order valence-electron chi connectivity index (χ4n) is 5.11. The average Bonchev–Trinajstić information content (AvgIpc) is 3.40. The highest BCUT2D eigenvalue weighted by atomic mass is 79.9. The van der Waals surface area contributed by atoms with Crippen LogP contribution in [-0.4, -0.2) is 50.5 Å². The second-order valence-corrected chi connectivity index (χ2v) is 15.1. The number of ether oxygens (including phenoxy) is 2. The minimum Gasteiger partial charge on any atom is -0.492 e. The fraction of sp³-hybridized carbons (Fsp3) is 0.394. The fourth-order valence-corrected chi connectivity index (χ4v) is 7.63. The number of sulfone groups is 1. The molecule has 0 saturated heterocycles. The number of benzene rings is 3. The van der Waals surface area contributed by atoms with Gasteiger partial charge in [0.2, 0.25) is 9.84 Å². The topological polar surface area (TPSA) is 111 Å². The molecule has 1 aliphatic carbocycles. The molecular formula is C33H38BrClN2O6S. The number of rotatable bonds is 13. The first-order valence-corrected chi connectivity index (χ1v) is 17.3. The Hall–Kier alpha value is -2.92. The monoisotopic (exact) mass is 704 g/mol. The summed E-state index contributed by atoms with van der Waals surface area (Å²) < 4.78 is 39.8. The van der Waals surface area contributed by atoms with Crippen LogP contribution < -0.4 is 15.4 Å². The van der Waals surface area contributed by atoms with Gasteiger partial charge in [0.05, 0.1) is 16.3 Å². The third-order valence-electron chi connectivity index (χ3n) is 7.02. The molecule has 0 fully saturated rings. The van der Waals surface area contributed by atoms with Crippen LogP contribution in [0, 0.1) is 0 Å². The van der Waals surface area contributed by atoms with Crippen molar-refractivity contribution in [1.29, 1.82) is 0 Å². The number of hydrogen-bond donors (Lipinski definition) is 2. The summed E-state index contributed by atoms with van der Waals surface area (Å²) in [7, 11) is -4.32. The summed E-state index contributed by atoms with van der Waals surface area (Å²) in [5.41, 5.74) is 2.73. The number of fused-ring (bicyclic) bond motifs is 1. The van der Waals surface area contributed by atoms with Crippen LogP contribution >= 0.6 is 27.5 Å². The summed E-state index contributed by atoms with van der Waals surface area (Å²) in [5, 5.41) is 3.94. The van der Waals surface area contributed by atoms with Crippen molar-refractivity contribution in [3.8, 4) is 5.75 Å². The number of nitrogens with one attached hydrogen (secondary N) is 2. The summed E-state index contributed by atoms with van der Waals surface area (Å²) in [4.78, 5) is 26.4. The predicted octanol–water partition coefficient (Wildman–Crippen LogP) is 5.82. The highest BCUT2D eigenvalue weighted by molar-refractivity contribution is 9.10. The minimum atomic E-state index is -4.32. The molecule has 0 aromatic heterocycles. The summed E-state index contributed by atoms with van der Waals surface area (Å²) in [6.45, 7) is 5.45. The standard InChI is InChI=1S/C33H38BrClN2O6S/c1-33(2,3)43-30(38)21-26(18-22-8-5-4-6-9-22)37-31(39)32(44(40,41)29-15-13-25(34)20-28(29)35)36-16-17-42-27-14-12-23-10-7-11-24(23)19-27/h4-6,8-9,12-15,19-20,26,32,36H,7,10-11,16-18,21H2,1-3H3,(H,37,39)/t26-,32?/m0/s1. The third-order valence-corrected chi connectivity index (χ3v) is 9.91. The summed E-state index contributed by atoms with van der Waals surface area (Å²) in [6.07, 6.45) is 3.33. The number of carbonyl (C=O) groups excluding carboxylic acids is 2. The van der Waals surface area contributed by atoms with Crippen molar-refractivity contribution in [2.45, 2.75) is 74.8 Å². The van der Waals surface area contributed by atoms with Gasteiger partial charge in [-0.05, 0) is 93.5 Å². The largest absolute Gasteiger partial charge is 0.492 e. The first-order chi connectivity index (χ1) is 20.8. The highest BCUT2D eigenvalue weighted by Crippen LogP contribution is 2.28. The second kappa shape index (κ2) is 14.9. The van der Waals surface area contributed by atoms with Crippen molar-refractivity contribution in [3.63, 3.8) is 0 Å². The third kappa shape index (κ3) is 9.54. The van der Waals surface area contributed by atoms with E-state index in [-0.39, 0.29) is 29.5 Å². The zero-order valence-electron chi connectivity index (χ0n) is 25.1. The first-order valence-electron chi connectivity index (χ1n) is 14.5. The number of aryl methyl sites for hydroxylation is 2. The Bertz CT molecular complexity index is 1580. The molecule has 1 unspecified atom stereocenters. The molecule has 11 heteroatoms. The van der Waals surface area contributed by atoms with Gasteiger partial charge in [0.1, 0.15) is 18.0 Å². The molecule has 0 spiro atoms. The lowest BCUT2D eigenvalue weighted by atomic mass is 10.0. The van der Waals surface area contributed by atoms with Gasteiger partial charge in [0, 0.05) is 17.1 Å². The van der Waals surface area contributed by atoms with Gasteiger partial charge in [-0.3, -0.25) is 14.9 Å². The van der Waals surface area contributed by atoms with Crippen molar-refractivity contribution in [2.24, 2.45) is 0 Å². The van der Waals surface area contributed by atoms with Crippen molar-refractivity contribution in [3.05, 3.63) is 92.9 Å². The molecule has 1 aliphatic rings. The van der Waals surface area contributed by atoms with Crippen LogP contribution in [0.1, 0.15) is 50.3 Å². The van der Waals surface area contributed by atoms with Crippen LogP contribution in [0.15, 0.2) is 76.1 Å². The Balaban J connectivity index is 1.54. The maximum Gasteiger partial charge on any atom is 0.308 e. The Labute approximate surface area is 272 Å². The lowest BCUT2D eigenvalue weighted by Gasteiger charge is -2.25. The van der Waals surface area contributed by atoms with E-state index in [1.54, 1.807) is 26.8 Å². The molecule has 44 heavy (non-hydrogen) atoms. The number of carbonyl (C=O) groups is 2. The molecule has 3 aromatic carbocycles. The Morgan fingerprint density at radius 3 is 2.43 bits per heavy atom. The van der Waals surface area contributed by atoms with Gasteiger partial charge in [0.25, 0.3) is 5.91 Å². The Morgan fingerprint density at radius 1 is 1.00 bits per heavy atom. The van der Waals surface area contributed by atoms with Gasteiger partial charge in [-0.2, -0.15) is 0 Å². The van der Waals surface area contributed by atoms with Crippen LogP contribution in [0.3, 0.4) is 0 Å². The summed E-state index contributed by atoms with van der Waals surface area (Å²) in [6, 6.07) is 18.9. The van der Waals surface area contributed by atoms with Gasteiger partial charge < -0.3 is 14.8 Å². The first kappa shape index (κ1) is 34.0. The van der Waals surface area contributed by atoms with Gasteiger partial charge in [-0.1, -0.05) is 63.9 Å². The molecule has 0 saturated carbocycles. The zero-order chi connectivity index (χ0) is 31.9. The molecule has 8 nitrogen and oxygen atoms in total. The molecule has 0 bridgehead atoms. The van der Waals surface area contributed by atoms with Gasteiger partial charge in [0.15, 0.2) is 5.37 Å². The quantitative estimate of drug-likeness (QED) is 0.170. The molecular weight excluding hydrogens is 668 g/mol. The molecule has 236 valence electrons. The number of halogens is 2. The smallest absolute Gasteiger partial charge is 0.308 e. The van der Waals surface area contributed by atoms with Crippen LogP contribution in [0.2, 0.25) is 5.02 Å². The van der Waals surface area contributed by atoms with Crippen molar-refractivity contribution >= 4 is 49.2 Å². The molecule has 4 rings (SSSR count). The van der Waals surface area contributed by atoms with E-state index < -0.39 is 38.7 Å². The molecule has 2 atom stereocenters. The maximum atomic E-state index is 13.9. The maximum absolute atomic E-state index is 13.9. The second-order valence-electron chi connectivity index (χ2n) is 11.8. The van der Waals surface area contributed by atoms with E-state index in [0.717, 1.165) is 24.8 Å². The van der Waals surface area contributed by atoms with E-state index >= 15 is 0 Å². The van der Waals surface area contributed by atoms with E-state index in [1.807, 2.05) is 42.5 Å². The molecule has 0 heterocycles. The Morgan fingerprint density at radius 2 is 1.73 bits per heavy atom. The SMILES string of the molecule is CC(C)(C)OC(=O)C[C@H](Cc1ccccc1)NC(=O)C(NCCOc1ccc2c(c1)CCC2)S(=O)(=O)c1ccc(Br)cc1Cl.